The van der Waals surface area contributed by atoms with Crippen molar-refractivity contribution in [3.8, 4) is 11.1 Å². The van der Waals surface area contributed by atoms with Gasteiger partial charge in [0.05, 0.1) is 5.75 Å². The van der Waals surface area contributed by atoms with E-state index in [1.54, 1.807) is 19.1 Å². The van der Waals surface area contributed by atoms with E-state index in [2.05, 4.69) is 5.32 Å². The average Bonchev–Trinajstić information content (AvgIpc) is 2.94. The first kappa shape index (κ1) is 33.9. The molecule has 3 rings (SSSR count). The number of hydrogen-bond acceptors (Lipinski definition) is 8. The molecule has 1 aliphatic rings. The van der Waals surface area contributed by atoms with Crippen LogP contribution in [0.1, 0.15) is 73.4 Å². The highest BCUT2D eigenvalue weighted by Gasteiger charge is 2.35. The Morgan fingerprint density at radius 2 is 1.69 bits per heavy atom. The fourth-order valence-corrected chi connectivity index (χ4v) is 7.89. The van der Waals surface area contributed by atoms with Gasteiger partial charge in [0.25, 0.3) is 0 Å². The Morgan fingerprint density at radius 3 is 2.29 bits per heavy atom. The summed E-state index contributed by atoms with van der Waals surface area (Å²) in [5.41, 5.74) is 8.76. The molecular weight excluding hydrogens is 576 g/mol. The Bertz CT molecular complexity index is 1470. The van der Waals surface area contributed by atoms with E-state index in [0.717, 1.165) is 42.2 Å². The van der Waals surface area contributed by atoms with Gasteiger partial charge in [-0.25, -0.2) is 16.8 Å². The molecule has 0 spiro atoms. The Hall–Kier alpha value is -2.60. The number of Topliss-reactive ketones (excluding diaryl/α,β-unsaturated/α-hetero) is 1. The van der Waals surface area contributed by atoms with Gasteiger partial charge in [-0.05, 0) is 54.0 Å². The second-order valence-electron chi connectivity index (χ2n) is 11.6. The molecule has 0 bridgehead atoms. The van der Waals surface area contributed by atoms with Crippen LogP contribution in [-0.2, 0) is 31.0 Å². The SMILES string of the molecule is CCS(=O)(=O)CC(CC1CCCCC1)NCc1ccc(C(=O)C(CC(N)C(=O)O)S(C)(=O)=O)c(-c2ccccc2C)c1. The molecule has 0 radical (unpaired) electrons. The number of sulfone groups is 2. The topological polar surface area (TPSA) is 161 Å². The monoisotopic (exact) mass is 620 g/mol. The first-order valence-electron chi connectivity index (χ1n) is 14.6. The van der Waals surface area contributed by atoms with Gasteiger partial charge < -0.3 is 16.2 Å². The molecule has 9 nitrogen and oxygen atoms in total. The molecule has 0 heterocycles. The summed E-state index contributed by atoms with van der Waals surface area (Å²) >= 11 is 0. The number of nitrogens with one attached hydrogen (secondary N) is 1. The van der Waals surface area contributed by atoms with Gasteiger partial charge in [0, 0.05) is 30.2 Å². The first-order valence-corrected chi connectivity index (χ1v) is 18.3. The molecule has 0 saturated heterocycles. The Balaban J connectivity index is 1.97. The van der Waals surface area contributed by atoms with Crippen molar-refractivity contribution in [1.82, 2.24) is 5.32 Å². The molecule has 2 aromatic rings. The van der Waals surface area contributed by atoms with Crippen LogP contribution >= 0.6 is 0 Å². The van der Waals surface area contributed by atoms with E-state index < -0.39 is 49.1 Å². The van der Waals surface area contributed by atoms with Crippen molar-refractivity contribution in [2.45, 2.75) is 82.7 Å². The molecule has 1 saturated carbocycles. The molecule has 4 N–H and O–H groups in total. The third-order valence-electron chi connectivity index (χ3n) is 8.21. The second kappa shape index (κ2) is 14.7. The van der Waals surface area contributed by atoms with Crippen LogP contribution in [0.4, 0.5) is 0 Å². The van der Waals surface area contributed by atoms with Crippen LogP contribution in [-0.4, -0.2) is 68.8 Å². The second-order valence-corrected chi connectivity index (χ2v) is 16.2. The highest BCUT2D eigenvalue weighted by molar-refractivity contribution is 7.92. The first-order chi connectivity index (χ1) is 19.7. The Morgan fingerprint density at radius 1 is 1.02 bits per heavy atom. The number of benzene rings is 2. The standard InChI is InChI=1S/C31H44N2O7S2/c1-4-42(39,40)20-24(16-22-11-6-5-7-12-22)33-19-23-14-15-26(27(17-23)25-13-9-8-10-21(25)2)30(34)29(41(3,37)38)18-28(32)31(35)36/h8-10,13-15,17,22,24,28-29,33H,4-7,11-12,16,18-20,32H2,1-3H3,(H,35,36). The zero-order valence-corrected chi connectivity index (χ0v) is 26.3. The third-order valence-corrected chi connectivity index (χ3v) is 11.4. The minimum Gasteiger partial charge on any atom is -0.480 e. The predicted octanol–water partition coefficient (Wildman–Crippen LogP) is 3.92. The minimum atomic E-state index is -3.98. The van der Waals surface area contributed by atoms with Crippen molar-refractivity contribution < 1.29 is 31.5 Å². The average molecular weight is 621 g/mol. The van der Waals surface area contributed by atoms with E-state index in [1.807, 2.05) is 37.3 Å². The molecule has 0 aromatic heterocycles. The quantitative estimate of drug-likeness (QED) is 0.251. The molecule has 3 unspecified atom stereocenters. The number of ketones is 1. The molecule has 1 aliphatic carbocycles. The van der Waals surface area contributed by atoms with Crippen LogP contribution in [0.2, 0.25) is 0 Å². The molecular formula is C31H44N2O7S2. The van der Waals surface area contributed by atoms with Crippen molar-refractivity contribution in [2.24, 2.45) is 11.7 Å². The molecule has 2 aromatic carbocycles. The molecule has 0 aliphatic heterocycles. The van der Waals surface area contributed by atoms with Gasteiger partial charge in [0.15, 0.2) is 25.5 Å². The number of nitrogens with two attached hydrogens (primary N) is 1. The number of carboxylic acids is 1. The lowest BCUT2D eigenvalue weighted by molar-refractivity contribution is -0.138. The van der Waals surface area contributed by atoms with Crippen LogP contribution in [0, 0.1) is 12.8 Å². The fraction of sp³-hybridized carbons (Fsp3) is 0.548. The van der Waals surface area contributed by atoms with Gasteiger partial charge in [-0.15, -0.1) is 0 Å². The molecule has 3 atom stereocenters. The van der Waals surface area contributed by atoms with Crippen LogP contribution < -0.4 is 11.1 Å². The summed E-state index contributed by atoms with van der Waals surface area (Å²) in [5, 5.41) is 11.1. The number of rotatable bonds is 15. The summed E-state index contributed by atoms with van der Waals surface area (Å²) < 4.78 is 50.4. The van der Waals surface area contributed by atoms with E-state index in [1.165, 1.54) is 19.3 Å². The maximum atomic E-state index is 13.7. The van der Waals surface area contributed by atoms with Crippen LogP contribution in [0.3, 0.4) is 0 Å². The minimum absolute atomic E-state index is 0.0566. The molecule has 1 fully saturated rings. The Kier molecular flexibility index (Phi) is 11.9. The van der Waals surface area contributed by atoms with E-state index in [9.17, 15) is 31.5 Å². The van der Waals surface area contributed by atoms with Crippen molar-refractivity contribution in [1.29, 1.82) is 0 Å². The molecule has 232 valence electrons. The number of hydrogen-bond donors (Lipinski definition) is 3. The van der Waals surface area contributed by atoms with Crippen molar-refractivity contribution in [3.63, 3.8) is 0 Å². The van der Waals surface area contributed by atoms with Crippen molar-refractivity contribution >= 4 is 31.4 Å². The van der Waals surface area contributed by atoms with E-state index in [0.29, 0.717) is 18.0 Å². The normalized spacial score (nSPS) is 17.0. The number of aliphatic carboxylic acids is 1. The predicted molar refractivity (Wildman–Crippen MR) is 166 cm³/mol. The summed E-state index contributed by atoms with van der Waals surface area (Å²) in [6.45, 7) is 3.91. The number of carboxylic acid groups (broad SMARTS) is 1. The lowest BCUT2D eigenvalue weighted by Crippen LogP contribution is -2.40. The highest BCUT2D eigenvalue weighted by Crippen LogP contribution is 2.31. The lowest BCUT2D eigenvalue weighted by atomic mass is 9.85. The van der Waals surface area contributed by atoms with Gasteiger partial charge in [-0.1, -0.05) is 75.4 Å². The van der Waals surface area contributed by atoms with E-state index in [4.69, 9.17) is 5.73 Å². The lowest BCUT2D eigenvalue weighted by Gasteiger charge is -2.27. The van der Waals surface area contributed by atoms with Crippen LogP contribution in [0.15, 0.2) is 42.5 Å². The van der Waals surface area contributed by atoms with Gasteiger partial charge in [0.2, 0.25) is 0 Å². The van der Waals surface area contributed by atoms with Crippen molar-refractivity contribution in [3.05, 3.63) is 59.2 Å². The number of carbonyl (C=O) groups is 2. The molecule has 42 heavy (non-hydrogen) atoms. The zero-order chi connectivity index (χ0) is 31.1. The smallest absolute Gasteiger partial charge is 0.320 e. The highest BCUT2D eigenvalue weighted by atomic mass is 32.2. The largest absolute Gasteiger partial charge is 0.480 e. The van der Waals surface area contributed by atoms with E-state index in [-0.39, 0.29) is 23.1 Å². The van der Waals surface area contributed by atoms with Gasteiger partial charge in [-0.2, -0.15) is 0 Å². The van der Waals surface area contributed by atoms with Crippen LogP contribution in [0.5, 0.6) is 0 Å². The van der Waals surface area contributed by atoms with Crippen molar-refractivity contribution in [2.75, 3.05) is 17.8 Å². The van der Waals surface area contributed by atoms with E-state index >= 15 is 0 Å². The number of carbonyl (C=O) groups excluding carboxylic acids is 1. The zero-order valence-electron chi connectivity index (χ0n) is 24.7. The maximum Gasteiger partial charge on any atom is 0.320 e. The summed E-state index contributed by atoms with van der Waals surface area (Å²) in [7, 11) is -7.18. The summed E-state index contributed by atoms with van der Waals surface area (Å²) in [6.07, 6.45) is 6.90. The molecule has 11 heteroatoms. The number of aryl methyl sites for hydroxylation is 1. The summed E-state index contributed by atoms with van der Waals surface area (Å²) in [6, 6.07) is 10.8. The summed E-state index contributed by atoms with van der Waals surface area (Å²) in [4.78, 5) is 25.1. The summed E-state index contributed by atoms with van der Waals surface area (Å²) in [5.74, 6) is -1.48. The van der Waals surface area contributed by atoms with Gasteiger partial charge in [-0.3, -0.25) is 9.59 Å². The van der Waals surface area contributed by atoms with Gasteiger partial charge in [0.1, 0.15) is 11.3 Å². The fourth-order valence-electron chi connectivity index (χ4n) is 5.72. The maximum absolute atomic E-state index is 13.7. The third kappa shape index (κ3) is 9.45. The van der Waals surface area contributed by atoms with Gasteiger partial charge >= 0.3 is 5.97 Å². The molecule has 0 amide bonds. The Labute approximate surface area is 250 Å². The van der Waals surface area contributed by atoms with Crippen LogP contribution in [0.25, 0.3) is 11.1 Å².